The number of fused-ring (bicyclic) bond motifs is 1. The van der Waals surface area contributed by atoms with Crippen molar-refractivity contribution in [3.63, 3.8) is 0 Å². The lowest BCUT2D eigenvalue weighted by molar-refractivity contribution is 0.0828. The second-order valence-corrected chi connectivity index (χ2v) is 12.0. The van der Waals surface area contributed by atoms with E-state index >= 15 is 0 Å². The van der Waals surface area contributed by atoms with Crippen LogP contribution in [0.25, 0.3) is 22.0 Å². The van der Waals surface area contributed by atoms with Crippen molar-refractivity contribution in [1.82, 2.24) is 14.8 Å². The molecule has 0 aliphatic heterocycles. The first-order chi connectivity index (χ1) is 20.5. The van der Waals surface area contributed by atoms with E-state index in [9.17, 15) is 9.59 Å². The zero-order valence-corrected chi connectivity index (χ0v) is 26.2. The number of nitrogens with zero attached hydrogens (tertiary/aromatic N) is 2. The number of benzene rings is 4. The van der Waals surface area contributed by atoms with Crippen LogP contribution in [0.15, 0.2) is 91.0 Å². The van der Waals surface area contributed by atoms with Gasteiger partial charge in [-0.3, -0.25) is 9.59 Å². The molecule has 0 aliphatic rings. The monoisotopic (exact) mass is 571 g/mol. The lowest BCUT2D eigenvalue weighted by Crippen LogP contribution is -2.26. The van der Waals surface area contributed by atoms with Gasteiger partial charge in [-0.15, -0.1) is 0 Å². The first-order valence-electron chi connectivity index (χ1n) is 14.9. The largest absolute Gasteiger partial charge is 0.346 e. The predicted molar refractivity (Wildman–Crippen MR) is 177 cm³/mol. The molecule has 5 nitrogen and oxygen atoms in total. The van der Waals surface area contributed by atoms with E-state index in [0.717, 1.165) is 27.6 Å². The average Bonchev–Trinajstić information content (AvgIpc) is 3.25. The maximum absolute atomic E-state index is 13.3. The molecule has 4 aromatic carbocycles. The third-order valence-electron chi connectivity index (χ3n) is 8.50. The zero-order valence-electron chi connectivity index (χ0n) is 26.2. The van der Waals surface area contributed by atoms with Crippen LogP contribution in [0.4, 0.5) is 0 Å². The van der Waals surface area contributed by atoms with Crippen molar-refractivity contribution in [3.05, 3.63) is 130 Å². The van der Waals surface area contributed by atoms with Crippen molar-refractivity contribution in [3.8, 4) is 11.1 Å². The number of aryl methyl sites for hydroxylation is 1. The summed E-state index contributed by atoms with van der Waals surface area (Å²) >= 11 is 0. The topological polar surface area (TPSA) is 54.3 Å². The Kier molecular flexibility index (Phi) is 8.54. The molecule has 220 valence electrons. The van der Waals surface area contributed by atoms with Crippen LogP contribution in [-0.4, -0.2) is 35.4 Å². The Labute approximate surface area is 255 Å². The minimum atomic E-state index is -0.0923. The van der Waals surface area contributed by atoms with Gasteiger partial charge in [0, 0.05) is 48.4 Å². The SMILES string of the molecule is Cc1c(C)n(Cc2ccc(-c3ccccc3C(=O)N(C)C)cc2)c2ccc(C(=O)NC(C)c3cccc(C(C)C)c3)cc12. The van der Waals surface area contributed by atoms with Crippen LogP contribution in [0, 0.1) is 13.8 Å². The Bertz CT molecular complexity index is 1790. The van der Waals surface area contributed by atoms with E-state index in [0.29, 0.717) is 23.6 Å². The van der Waals surface area contributed by atoms with E-state index in [1.54, 1.807) is 19.0 Å². The highest BCUT2D eigenvalue weighted by Gasteiger charge is 2.18. The average molecular weight is 572 g/mol. The summed E-state index contributed by atoms with van der Waals surface area (Å²) in [6, 6.07) is 30.5. The molecule has 1 atom stereocenters. The van der Waals surface area contributed by atoms with E-state index in [2.05, 4.69) is 92.2 Å². The fourth-order valence-electron chi connectivity index (χ4n) is 5.68. The van der Waals surface area contributed by atoms with Gasteiger partial charge in [-0.05, 0) is 84.3 Å². The van der Waals surface area contributed by atoms with Crippen molar-refractivity contribution in [2.45, 2.75) is 53.1 Å². The minimum Gasteiger partial charge on any atom is -0.346 e. The standard InChI is InChI=1S/C38H41N3O2/c1-24(2)30-11-10-12-31(21-30)26(4)39-37(42)32-19-20-36-35(22-32)25(3)27(5)41(36)23-28-15-17-29(18-16-28)33-13-8-9-14-34(33)38(43)40(6)7/h8-22,24,26H,23H2,1-7H3,(H,39,42). The molecule has 5 aromatic rings. The molecule has 0 fully saturated rings. The molecule has 1 heterocycles. The molecule has 1 unspecified atom stereocenters. The fraction of sp³-hybridized carbons (Fsp3) is 0.263. The number of carbonyl (C=O) groups is 2. The molecule has 0 spiro atoms. The Morgan fingerprint density at radius 2 is 1.51 bits per heavy atom. The first-order valence-corrected chi connectivity index (χ1v) is 14.9. The highest BCUT2D eigenvalue weighted by atomic mass is 16.2. The predicted octanol–water partition coefficient (Wildman–Crippen LogP) is 8.29. The summed E-state index contributed by atoms with van der Waals surface area (Å²) in [5, 5.41) is 4.28. The molecular formula is C38H41N3O2. The third-order valence-corrected chi connectivity index (χ3v) is 8.50. The Morgan fingerprint density at radius 1 is 0.814 bits per heavy atom. The first kappa shape index (κ1) is 29.8. The van der Waals surface area contributed by atoms with Crippen molar-refractivity contribution >= 4 is 22.7 Å². The van der Waals surface area contributed by atoms with E-state index < -0.39 is 0 Å². The summed E-state index contributed by atoms with van der Waals surface area (Å²) in [4.78, 5) is 27.6. The minimum absolute atomic E-state index is 0.00701. The third kappa shape index (κ3) is 6.12. The summed E-state index contributed by atoms with van der Waals surface area (Å²) in [6.45, 7) is 11.4. The van der Waals surface area contributed by atoms with E-state index in [1.165, 1.54) is 22.4 Å². The van der Waals surface area contributed by atoms with Gasteiger partial charge in [0.1, 0.15) is 0 Å². The van der Waals surface area contributed by atoms with Crippen molar-refractivity contribution in [2.75, 3.05) is 14.1 Å². The van der Waals surface area contributed by atoms with Gasteiger partial charge in [-0.1, -0.05) is 80.6 Å². The van der Waals surface area contributed by atoms with Crippen molar-refractivity contribution < 1.29 is 9.59 Å². The molecule has 0 aliphatic carbocycles. The van der Waals surface area contributed by atoms with E-state index in [4.69, 9.17) is 0 Å². The van der Waals surface area contributed by atoms with Gasteiger partial charge < -0.3 is 14.8 Å². The molecule has 0 saturated heterocycles. The van der Waals surface area contributed by atoms with Gasteiger partial charge in [0.25, 0.3) is 11.8 Å². The molecule has 0 saturated carbocycles. The van der Waals surface area contributed by atoms with Crippen LogP contribution >= 0.6 is 0 Å². The number of carbonyl (C=O) groups excluding carboxylic acids is 2. The number of nitrogens with one attached hydrogen (secondary N) is 1. The summed E-state index contributed by atoms with van der Waals surface area (Å²) < 4.78 is 2.31. The van der Waals surface area contributed by atoms with Gasteiger partial charge in [0.05, 0.1) is 6.04 Å². The maximum Gasteiger partial charge on any atom is 0.253 e. The summed E-state index contributed by atoms with van der Waals surface area (Å²) in [5.41, 5.74) is 10.3. The summed E-state index contributed by atoms with van der Waals surface area (Å²) in [5.74, 6) is 0.360. The number of amides is 2. The second-order valence-electron chi connectivity index (χ2n) is 12.0. The second kappa shape index (κ2) is 12.3. The normalized spacial score (nSPS) is 12.0. The van der Waals surface area contributed by atoms with Gasteiger partial charge in [-0.25, -0.2) is 0 Å². The number of rotatable bonds is 8. The molecule has 43 heavy (non-hydrogen) atoms. The molecule has 1 N–H and O–H groups in total. The highest BCUT2D eigenvalue weighted by Crippen LogP contribution is 2.29. The Hall–Kier alpha value is -4.64. The molecule has 5 rings (SSSR count). The molecule has 1 aromatic heterocycles. The lowest BCUT2D eigenvalue weighted by atomic mass is 9.98. The van der Waals surface area contributed by atoms with E-state index in [-0.39, 0.29) is 17.9 Å². The highest BCUT2D eigenvalue weighted by molar-refractivity contribution is 6.01. The smallest absolute Gasteiger partial charge is 0.253 e. The number of hydrogen-bond acceptors (Lipinski definition) is 2. The lowest BCUT2D eigenvalue weighted by Gasteiger charge is -2.16. The van der Waals surface area contributed by atoms with E-state index in [1.807, 2.05) is 43.3 Å². The van der Waals surface area contributed by atoms with Crippen LogP contribution in [0.1, 0.15) is 81.4 Å². The van der Waals surface area contributed by atoms with Crippen LogP contribution in [0.3, 0.4) is 0 Å². The van der Waals surface area contributed by atoms with Gasteiger partial charge >= 0.3 is 0 Å². The summed E-state index contributed by atoms with van der Waals surface area (Å²) in [7, 11) is 3.55. The summed E-state index contributed by atoms with van der Waals surface area (Å²) in [6.07, 6.45) is 0. The number of hydrogen-bond donors (Lipinski definition) is 1. The zero-order chi connectivity index (χ0) is 30.8. The fourth-order valence-corrected chi connectivity index (χ4v) is 5.68. The van der Waals surface area contributed by atoms with Crippen LogP contribution < -0.4 is 5.32 Å². The van der Waals surface area contributed by atoms with Crippen molar-refractivity contribution in [2.24, 2.45) is 0 Å². The van der Waals surface area contributed by atoms with Crippen molar-refractivity contribution in [1.29, 1.82) is 0 Å². The molecular weight excluding hydrogens is 530 g/mol. The van der Waals surface area contributed by atoms with Gasteiger partial charge in [-0.2, -0.15) is 0 Å². The Morgan fingerprint density at radius 3 is 2.21 bits per heavy atom. The van der Waals surface area contributed by atoms with Crippen LogP contribution in [-0.2, 0) is 6.54 Å². The molecule has 0 radical (unpaired) electrons. The molecule has 0 bridgehead atoms. The Balaban J connectivity index is 1.37. The quantitative estimate of drug-likeness (QED) is 0.204. The van der Waals surface area contributed by atoms with Crippen LogP contribution in [0.5, 0.6) is 0 Å². The van der Waals surface area contributed by atoms with Gasteiger partial charge in [0.2, 0.25) is 0 Å². The number of aromatic nitrogens is 1. The van der Waals surface area contributed by atoms with Crippen LogP contribution in [0.2, 0.25) is 0 Å². The molecule has 2 amide bonds. The van der Waals surface area contributed by atoms with Gasteiger partial charge in [0.15, 0.2) is 0 Å². The maximum atomic E-state index is 13.3. The molecule has 5 heteroatoms.